The number of H-pyrrole nitrogens is 1. The highest BCUT2D eigenvalue weighted by molar-refractivity contribution is 7.90. The zero-order chi connectivity index (χ0) is 29.5. The van der Waals surface area contributed by atoms with Crippen LogP contribution < -0.4 is 5.32 Å². The van der Waals surface area contributed by atoms with Crippen molar-refractivity contribution in [3.8, 4) is 0 Å². The predicted molar refractivity (Wildman–Crippen MR) is 153 cm³/mol. The Kier molecular flexibility index (Phi) is 7.78. The summed E-state index contributed by atoms with van der Waals surface area (Å²) in [6, 6.07) is 11.4. The Bertz CT molecular complexity index is 1820. The number of fused-ring (bicyclic) bond motifs is 2. The van der Waals surface area contributed by atoms with Gasteiger partial charge >= 0.3 is 5.97 Å². The van der Waals surface area contributed by atoms with E-state index in [0.717, 1.165) is 17.2 Å². The lowest BCUT2D eigenvalue weighted by atomic mass is 9.95. The number of aromatic nitrogens is 2. The predicted octanol–water partition coefficient (Wildman–Crippen LogP) is 3.90. The number of aromatic amines is 1. The first-order chi connectivity index (χ1) is 19.4. The Hall–Kier alpha value is -3.93. The molecule has 2 heterocycles. The van der Waals surface area contributed by atoms with Crippen LogP contribution in [0.5, 0.6) is 0 Å². The van der Waals surface area contributed by atoms with Crippen molar-refractivity contribution in [3.05, 3.63) is 92.6 Å². The van der Waals surface area contributed by atoms with E-state index in [2.05, 4.69) is 15.5 Å². The van der Waals surface area contributed by atoms with E-state index in [1.54, 1.807) is 35.4 Å². The van der Waals surface area contributed by atoms with Crippen molar-refractivity contribution in [2.24, 2.45) is 0 Å². The van der Waals surface area contributed by atoms with Crippen LogP contribution in [0, 0.1) is 0 Å². The van der Waals surface area contributed by atoms with Crippen LogP contribution >= 0.6 is 23.2 Å². The number of amides is 2. The third-order valence-corrected chi connectivity index (χ3v) is 8.80. The van der Waals surface area contributed by atoms with Crippen LogP contribution in [0.3, 0.4) is 0 Å². The molecular formula is C28H24Cl2N4O6S. The van der Waals surface area contributed by atoms with Crippen LogP contribution in [0.4, 0.5) is 0 Å². The summed E-state index contributed by atoms with van der Waals surface area (Å²) in [6.07, 6.45) is 2.93. The molecule has 0 saturated carbocycles. The van der Waals surface area contributed by atoms with Crippen molar-refractivity contribution >= 4 is 61.7 Å². The molecule has 2 amide bonds. The van der Waals surface area contributed by atoms with Gasteiger partial charge in [0.25, 0.3) is 11.8 Å². The van der Waals surface area contributed by atoms with E-state index in [1.807, 2.05) is 6.07 Å². The Labute approximate surface area is 245 Å². The number of carboxylic acid groups (broad SMARTS) is 1. The van der Waals surface area contributed by atoms with E-state index in [4.69, 9.17) is 23.2 Å². The molecule has 3 aromatic carbocycles. The highest BCUT2D eigenvalue weighted by Crippen LogP contribution is 2.35. The summed E-state index contributed by atoms with van der Waals surface area (Å²) in [4.78, 5) is 40.1. The fraction of sp³-hybridized carbons (Fsp3) is 0.214. The van der Waals surface area contributed by atoms with Gasteiger partial charge in [-0.15, -0.1) is 0 Å². The van der Waals surface area contributed by atoms with Gasteiger partial charge < -0.3 is 15.3 Å². The molecule has 3 N–H and O–H groups in total. The molecule has 0 radical (unpaired) electrons. The third-order valence-electron chi connectivity index (χ3n) is 6.98. The number of carbonyl (C=O) groups excluding carboxylic acids is 2. The summed E-state index contributed by atoms with van der Waals surface area (Å²) in [5, 5.41) is 20.1. The number of hydrogen-bond donors (Lipinski definition) is 3. The number of sulfone groups is 1. The largest absolute Gasteiger partial charge is 0.480 e. The van der Waals surface area contributed by atoms with Gasteiger partial charge in [0, 0.05) is 36.7 Å². The maximum Gasteiger partial charge on any atom is 0.326 e. The van der Waals surface area contributed by atoms with Crippen molar-refractivity contribution in [2.45, 2.75) is 30.3 Å². The maximum atomic E-state index is 13.2. The van der Waals surface area contributed by atoms with Gasteiger partial charge in [-0.05, 0) is 53.4 Å². The Morgan fingerprint density at radius 1 is 1.15 bits per heavy atom. The van der Waals surface area contributed by atoms with E-state index in [1.165, 1.54) is 18.2 Å². The zero-order valence-electron chi connectivity index (χ0n) is 21.6. The molecule has 0 spiro atoms. The summed E-state index contributed by atoms with van der Waals surface area (Å²) >= 11 is 13.1. The van der Waals surface area contributed by atoms with Gasteiger partial charge in [0.1, 0.15) is 6.04 Å². The summed E-state index contributed by atoms with van der Waals surface area (Å²) in [5.74, 6) is -2.26. The van der Waals surface area contributed by atoms with E-state index in [9.17, 15) is 27.9 Å². The molecule has 0 bridgehead atoms. The van der Waals surface area contributed by atoms with Gasteiger partial charge in [-0.2, -0.15) is 5.10 Å². The van der Waals surface area contributed by atoms with E-state index in [-0.39, 0.29) is 39.4 Å². The number of carboxylic acids is 1. The van der Waals surface area contributed by atoms with Gasteiger partial charge in [0.2, 0.25) is 0 Å². The number of rotatable bonds is 7. The average molecular weight is 615 g/mol. The standard InChI is InChI=1S/C28H24Cl2N4O6S/c1-41(39,40)19-4-2-3-15(9-19)10-23(28(37)38)32-26(35)24-21(29)11-18-14-34(8-7-20(18)25(24)30)27(36)16-5-6-17-13-31-33-22(17)12-16/h2-6,9,11-13,23H,7-8,10,14H2,1H3,(H,31,33)(H,32,35)(H,37,38). The quantitative estimate of drug-likeness (QED) is 0.286. The molecule has 1 atom stereocenters. The Morgan fingerprint density at radius 2 is 1.93 bits per heavy atom. The van der Waals surface area contributed by atoms with Crippen molar-refractivity contribution < 1.29 is 27.9 Å². The first-order valence-corrected chi connectivity index (χ1v) is 15.1. The number of nitrogens with zero attached hydrogens (tertiary/aromatic N) is 2. The fourth-order valence-electron chi connectivity index (χ4n) is 4.86. The maximum absolute atomic E-state index is 13.2. The minimum Gasteiger partial charge on any atom is -0.480 e. The lowest BCUT2D eigenvalue weighted by molar-refractivity contribution is -0.139. The highest BCUT2D eigenvalue weighted by Gasteiger charge is 2.30. The molecule has 0 aliphatic carbocycles. The lowest BCUT2D eigenvalue weighted by Gasteiger charge is -2.30. The molecular weight excluding hydrogens is 591 g/mol. The zero-order valence-corrected chi connectivity index (χ0v) is 24.0. The third kappa shape index (κ3) is 5.92. The average Bonchev–Trinajstić information content (AvgIpc) is 3.39. The number of hydrogen-bond acceptors (Lipinski definition) is 6. The number of nitrogens with one attached hydrogen (secondary N) is 2. The monoisotopic (exact) mass is 614 g/mol. The topological polar surface area (TPSA) is 150 Å². The highest BCUT2D eigenvalue weighted by atomic mass is 35.5. The van der Waals surface area contributed by atoms with Crippen LogP contribution in [0.15, 0.2) is 59.6 Å². The SMILES string of the molecule is CS(=O)(=O)c1cccc(CC(NC(=O)c2c(Cl)cc3c(c2Cl)CCN(C(=O)c2ccc4cn[nH]c4c2)C3)C(=O)O)c1. The number of carbonyl (C=O) groups is 3. The number of aliphatic carboxylic acids is 1. The van der Waals surface area contributed by atoms with Crippen LogP contribution in [-0.2, 0) is 34.0 Å². The van der Waals surface area contributed by atoms with Gasteiger partial charge in [0.15, 0.2) is 9.84 Å². The van der Waals surface area contributed by atoms with Crippen molar-refractivity contribution in [1.82, 2.24) is 20.4 Å². The molecule has 4 aromatic rings. The van der Waals surface area contributed by atoms with Gasteiger partial charge in [-0.3, -0.25) is 14.7 Å². The molecule has 1 unspecified atom stereocenters. The van der Waals surface area contributed by atoms with E-state index >= 15 is 0 Å². The molecule has 13 heteroatoms. The second-order valence-corrected chi connectivity index (χ2v) is 12.6. The summed E-state index contributed by atoms with van der Waals surface area (Å²) < 4.78 is 23.8. The minimum atomic E-state index is -3.50. The molecule has 10 nitrogen and oxygen atoms in total. The fourth-order valence-corrected chi connectivity index (χ4v) is 6.31. The van der Waals surface area contributed by atoms with Crippen LogP contribution in [0.2, 0.25) is 10.0 Å². The molecule has 0 fully saturated rings. The van der Waals surface area contributed by atoms with Crippen molar-refractivity contribution in [1.29, 1.82) is 0 Å². The van der Waals surface area contributed by atoms with Gasteiger partial charge in [-0.25, -0.2) is 13.2 Å². The molecule has 1 aliphatic rings. The summed E-state index contributed by atoms with van der Waals surface area (Å²) in [6.45, 7) is 0.578. The lowest BCUT2D eigenvalue weighted by Crippen LogP contribution is -2.42. The molecule has 1 aliphatic heterocycles. The minimum absolute atomic E-state index is 0.0163. The molecule has 1 aromatic heterocycles. The number of benzene rings is 3. The van der Waals surface area contributed by atoms with Gasteiger partial charge in [-0.1, -0.05) is 41.4 Å². The van der Waals surface area contributed by atoms with E-state index < -0.39 is 27.8 Å². The van der Waals surface area contributed by atoms with Crippen LogP contribution in [0.1, 0.15) is 37.4 Å². The van der Waals surface area contributed by atoms with Crippen molar-refractivity contribution in [3.63, 3.8) is 0 Å². The van der Waals surface area contributed by atoms with Crippen LogP contribution in [0.25, 0.3) is 10.9 Å². The van der Waals surface area contributed by atoms with Crippen molar-refractivity contribution in [2.75, 3.05) is 12.8 Å². The molecule has 212 valence electrons. The van der Waals surface area contributed by atoms with E-state index in [0.29, 0.717) is 35.2 Å². The smallest absolute Gasteiger partial charge is 0.326 e. The first-order valence-electron chi connectivity index (χ1n) is 12.5. The first kappa shape index (κ1) is 28.6. The normalized spacial score (nSPS) is 14.0. The number of halogens is 2. The second kappa shape index (κ2) is 11.2. The Morgan fingerprint density at radius 3 is 2.66 bits per heavy atom. The molecule has 5 rings (SSSR count). The molecule has 0 saturated heterocycles. The summed E-state index contributed by atoms with van der Waals surface area (Å²) in [5.41, 5.74) is 2.94. The Balaban J connectivity index is 1.35. The summed E-state index contributed by atoms with van der Waals surface area (Å²) in [7, 11) is -3.50. The second-order valence-electron chi connectivity index (χ2n) is 9.82. The van der Waals surface area contributed by atoms with Crippen LogP contribution in [-0.4, -0.2) is 65.2 Å². The molecule has 41 heavy (non-hydrogen) atoms. The van der Waals surface area contributed by atoms with Gasteiger partial charge in [0.05, 0.1) is 32.2 Å².